The summed E-state index contributed by atoms with van der Waals surface area (Å²) in [6.45, 7) is 7.11. The molecule has 0 aromatic rings. The molecule has 0 aromatic carbocycles. The van der Waals surface area contributed by atoms with E-state index in [1.807, 2.05) is 0 Å². The summed E-state index contributed by atoms with van der Waals surface area (Å²) in [5.41, 5.74) is 0. The Morgan fingerprint density at radius 2 is 1.59 bits per heavy atom. The summed E-state index contributed by atoms with van der Waals surface area (Å²) in [5, 5.41) is 10.3. The van der Waals surface area contributed by atoms with Gasteiger partial charge >= 0.3 is 0 Å². The highest BCUT2D eigenvalue weighted by atomic mass is 16.3. The number of hydrogen-bond donors (Lipinski definition) is 1. The summed E-state index contributed by atoms with van der Waals surface area (Å²) < 4.78 is 0. The second kappa shape index (κ2) is 5.73. The Morgan fingerprint density at radius 3 is 2.18 bits per heavy atom. The fourth-order valence-corrected chi connectivity index (χ4v) is 4.52. The van der Waals surface area contributed by atoms with Crippen LogP contribution < -0.4 is 0 Å². The first kappa shape index (κ1) is 13.4. The van der Waals surface area contributed by atoms with Gasteiger partial charge in [0.25, 0.3) is 0 Å². The monoisotopic (exact) mass is 238 g/mol. The Kier molecular flexibility index (Phi) is 4.52. The Balaban J connectivity index is 1.98. The highest BCUT2D eigenvalue weighted by Crippen LogP contribution is 2.44. The van der Waals surface area contributed by atoms with Crippen LogP contribution >= 0.6 is 0 Å². The predicted molar refractivity (Wildman–Crippen MR) is 72.8 cm³/mol. The molecule has 2 aliphatic rings. The maximum Gasteiger partial charge on any atom is 0.0571 e. The number of rotatable bonds is 2. The lowest BCUT2D eigenvalue weighted by molar-refractivity contribution is -0.00612. The Labute approximate surface area is 107 Å². The summed E-state index contributed by atoms with van der Waals surface area (Å²) in [7, 11) is 0. The van der Waals surface area contributed by atoms with E-state index in [4.69, 9.17) is 0 Å². The van der Waals surface area contributed by atoms with Gasteiger partial charge in [0.15, 0.2) is 0 Å². The van der Waals surface area contributed by atoms with Crippen molar-refractivity contribution in [1.82, 2.24) is 0 Å². The topological polar surface area (TPSA) is 20.2 Å². The third kappa shape index (κ3) is 3.24. The third-order valence-corrected chi connectivity index (χ3v) is 5.37. The first-order valence-corrected chi connectivity index (χ1v) is 7.78. The van der Waals surface area contributed by atoms with Gasteiger partial charge in [0.2, 0.25) is 0 Å². The zero-order valence-electron chi connectivity index (χ0n) is 11.9. The van der Waals surface area contributed by atoms with Crippen LogP contribution in [0.15, 0.2) is 0 Å². The second-order valence-corrected chi connectivity index (χ2v) is 7.00. The summed E-state index contributed by atoms with van der Waals surface area (Å²) in [6.07, 6.45) is 9.04. The van der Waals surface area contributed by atoms with Gasteiger partial charge in [-0.05, 0) is 68.1 Å². The Morgan fingerprint density at radius 1 is 0.941 bits per heavy atom. The van der Waals surface area contributed by atoms with Crippen LogP contribution in [0.25, 0.3) is 0 Å². The van der Waals surface area contributed by atoms with E-state index in [2.05, 4.69) is 20.8 Å². The van der Waals surface area contributed by atoms with Gasteiger partial charge in [-0.3, -0.25) is 0 Å². The van der Waals surface area contributed by atoms with Crippen LogP contribution in [-0.4, -0.2) is 11.2 Å². The van der Waals surface area contributed by atoms with Crippen LogP contribution in [0.4, 0.5) is 0 Å². The molecule has 100 valence electrons. The van der Waals surface area contributed by atoms with Crippen molar-refractivity contribution in [2.45, 2.75) is 71.8 Å². The highest BCUT2D eigenvalue weighted by Gasteiger charge is 2.37. The van der Waals surface area contributed by atoms with E-state index in [9.17, 15) is 5.11 Å². The summed E-state index contributed by atoms with van der Waals surface area (Å²) >= 11 is 0. The predicted octanol–water partition coefficient (Wildman–Crippen LogP) is 4.25. The van der Waals surface area contributed by atoms with Gasteiger partial charge in [-0.25, -0.2) is 0 Å². The molecule has 1 heteroatoms. The van der Waals surface area contributed by atoms with E-state index in [-0.39, 0.29) is 6.10 Å². The fourth-order valence-electron chi connectivity index (χ4n) is 4.52. The molecule has 0 spiro atoms. The van der Waals surface area contributed by atoms with Gasteiger partial charge in [0.1, 0.15) is 0 Å². The second-order valence-electron chi connectivity index (χ2n) is 7.00. The molecule has 2 fully saturated rings. The first-order valence-electron chi connectivity index (χ1n) is 7.78. The minimum Gasteiger partial charge on any atom is -0.393 e. The quantitative estimate of drug-likeness (QED) is 0.762. The van der Waals surface area contributed by atoms with Crippen molar-refractivity contribution in [3.8, 4) is 0 Å². The van der Waals surface area contributed by atoms with Crippen molar-refractivity contribution in [3.63, 3.8) is 0 Å². The van der Waals surface area contributed by atoms with Crippen molar-refractivity contribution >= 4 is 0 Å². The third-order valence-electron chi connectivity index (χ3n) is 5.37. The fraction of sp³-hybridized carbons (Fsp3) is 1.00. The zero-order chi connectivity index (χ0) is 12.4. The molecule has 17 heavy (non-hydrogen) atoms. The first-order chi connectivity index (χ1) is 8.10. The lowest BCUT2D eigenvalue weighted by atomic mass is 9.65. The number of aliphatic hydroxyl groups is 1. The van der Waals surface area contributed by atoms with E-state index in [1.165, 1.54) is 38.5 Å². The Hall–Kier alpha value is -0.0400. The molecule has 0 radical (unpaired) electrons. The maximum atomic E-state index is 10.3. The summed E-state index contributed by atoms with van der Waals surface area (Å²) in [5.74, 6) is 4.05. The van der Waals surface area contributed by atoms with Crippen molar-refractivity contribution in [2.24, 2.45) is 29.6 Å². The molecule has 1 N–H and O–H groups in total. The van der Waals surface area contributed by atoms with Gasteiger partial charge < -0.3 is 5.11 Å². The van der Waals surface area contributed by atoms with Crippen LogP contribution in [0.1, 0.15) is 65.7 Å². The van der Waals surface area contributed by atoms with Crippen LogP contribution in [0.5, 0.6) is 0 Å². The van der Waals surface area contributed by atoms with Crippen LogP contribution in [-0.2, 0) is 0 Å². The zero-order valence-corrected chi connectivity index (χ0v) is 11.9. The number of hydrogen-bond acceptors (Lipinski definition) is 1. The standard InChI is InChI=1S/C16H30O/c1-4-13-5-6-16(17)15(10-13)14-8-11(2)7-12(3)9-14/h11-17H,4-10H2,1-3H3. The molecule has 0 saturated heterocycles. The minimum atomic E-state index is 0.000278. The molecule has 0 amide bonds. The van der Waals surface area contributed by atoms with E-state index < -0.39 is 0 Å². The molecule has 2 rings (SSSR count). The average Bonchev–Trinajstić information content (AvgIpc) is 2.28. The van der Waals surface area contributed by atoms with Crippen LogP contribution in [0.3, 0.4) is 0 Å². The van der Waals surface area contributed by atoms with Crippen molar-refractivity contribution in [2.75, 3.05) is 0 Å². The van der Waals surface area contributed by atoms with E-state index >= 15 is 0 Å². The van der Waals surface area contributed by atoms with Gasteiger partial charge in [0, 0.05) is 0 Å². The molecule has 5 unspecified atom stereocenters. The minimum absolute atomic E-state index is 0.000278. The molecule has 1 nitrogen and oxygen atoms in total. The van der Waals surface area contributed by atoms with Gasteiger partial charge in [-0.1, -0.05) is 27.2 Å². The largest absolute Gasteiger partial charge is 0.393 e. The molecule has 0 bridgehead atoms. The number of aliphatic hydroxyl groups excluding tert-OH is 1. The molecule has 0 heterocycles. The molecular weight excluding hydrogens is 208 g/mol. The molecule has 5 atom stereocenters. The van der Waals surface area contributed by atoms with Crippen LogP contribution in [0.2, 0.25) is 0 Å². The van der Waals surface area contributed by atoms with Gasteiger partial charge in [-0.2, -0.15) is 0 Å². The smallest absolute Gasteiger partial charge is 0.0571 e. The normalized spacial score (nSPS) is 48.0. The highest BCUT2D eigenvalue weighted by molar-refractivity contribution is 4.87. The molecule has 2 saturated carbocycles. The lowest BCUT2D eigenvalue weighted by Crippen LogP contribution is -2.37. The molecular formula is C16H30O. The summed E-state index contributed by atoms with van der Waals surface area (Å²) in [4.78, 5) is 0. The van der Waals surface area contributed by atoms with Gasteiger partial charge in [0.05, 0.1) is 6.10 Å². The van der Waals surface area contributed by atoms with E-state index in [0.717, 1.165) is 30.1 Å². The van der Waals surface area contributed by atoms with Crippen LogP contribution in [0, 0.1) is 29.6 Å². The summed E-state index contributed by atoms with van der Waals surface area (Å²) in [6, 6.07) is 0. The molecule has 0 aromatic heterocycles. The average molecular weight is 238 g/mol. The van der Waals surface area contributed by atoms with Crippen molar-refractivity contribution < 1.29 is 5.11 Å². The molecule has 2 aliphatic carbocycles. The van der Waals surface area contributed by atoms with Gasteiger partial charge in [-0.15, -0.1) is 0 Å². The lowest BCUT2D eigenvalue weighted by Gasteiger charge is -2.42. The molecule has 0 aliphatic heterocycles. The SMILES string of the molecule is CCC1CCC(O)C(C2CC(C)CC(C)C2)C1. The Bertz CT molecular complexity index is 228. The van der Waals surface area contributed by atoms with E-state index in [0.29, 0.717) is 5.92 Å². The van der Waals surface area contributed by atoms with Crippen molar-refractivity contribution in [3.05, 3.63) is 0 Å². The van der Waals surface area contributed by atoms with Crippen molar-refractivity contribution in [1.29, 1.82) is 0 Å². The van der Waals surface area contributed by atoms with E-state index in [1.54, 1.807) is 0 Å². The maximum absolute atomic E-state index is 10.3.